The maximum Gasteiger partial charge on any atom is 0.300 e. The molecule has 0 spiro atoms. The normalized spacial score (nSPS) is 17.1. The summed E-state index contributed by atoms with van der Waals surface area (Å²) in [7, 11) is 0. The van der Waals surface area contributed by atoms with Crippen molar-refractivity contribution in [1.29, 1.82) is 0 Å². The van der Waals surface area contributed by atoms with Crippen molar-refractivity contribution < 1.29 is 24.4 Å². The maximum atomic E-state index is 13.2. The van der Waals surface area contributed by atoms with E-state index in [1.165, 1.54) is 29.2 Å². The average molecular weight is 458 g/mol. The lowest BCUT2D eigenvalue weighted by molar-refractivity contribution is -0.384. The number of carbonyl (C=O) groups is 2. The molecule has 1 aliphatic heterocycles. The van der Waals surface area contributed by atoms with Crippen LogP contribution in [0.3, 0.4) is 0 Å². The molecule has 0 bridgehead atoms. The molecule has 1 fully saturated rings. The molecule has 0 aromatic heterocycles. The van der Waals surface area contributed by atoms with Crippen LogP contribution in [0.15, 0.2) is 78.4 Å². The zero-order valence-corrected chi connectivity index (χ0v) is 18.6. The van der Waals surface area contributed by atoms with Crippen LogP contribution in [0.25, 0.3) is 5.76 Å². The number of aliphatic hydroxyl groups is 1. The van der Waals surface area contributed by atoms with Crippen LogP contribution in [0.2, 0.25) is 0 Å². The van der Waals surface area contributed by atoms with Gasteiger partial charge in [0.2, 0.25) is 0 Å². The van der Waals surface area contributed by atoms with E-state index in [1.54, 1.807) is 36.4 Å². The molecule has 8 nitrogen and oxygen atoms in total. The summed E-state index contributed by atoms with van der Waals surface area (Å²) in [5.74, 6) is -1.37. The van der Waals surface area contributed by atoms with Gasteiger partial charge in [-0.15, -0.1) is 0 Å². The van der Waals surface area contributed by atoms with E-state index in [4.69, 9.17) is 4.74 Å². The fourth-order valence-corrected chi connectivity index (χ4v) is 4.04. The summed E-state index contributed by atoms with van der Waals surface area (Å²) in [6.07, 6.45) is 0. The summed E-state index contributed by atoms with van der Waals surface area (Å²) in [6.45, 7) is 4.19. The number of nitro groups is 1. The number of carbonyl (C=O) groups excluding carboxylic acids is 2. The highest BCUT2D eigenvalue weighted by Crippen LogP contribution is 2.43. The van der Waals surface area contributed by atoms with E-state index >= 15 is 0 Å². The number of benzene rings is 3. The number of ether oxygens (including phenoxy) is 1. The second-order valence-corrected chi connectivity index (χ2v) is 7.76. The number of Topliss-reactive ketones (excluding diaryl/α,β-unsaturated/α-hetero) is 1. The van der Waals surface area contributed by atoms with Crippen molar-refractivity contribution in [3.63, 3.8) is 0 Å². The van der Waals surface area contributed by atoms with Crippen LogP contribution < -0.4 is 9.64 Å². The second-order valence-electron chi connectivity index (χ2n) is 7.76. The SMILES string of the molecule is CCOc1ccc(C2/C(=C(/O)c3ccc([N+](=O)[O-])cc3)C(=O)C(=O)N2c2ccccc2C)cc1. The number of para-hydroxylation sites is 1. The molecule has 3 aromatic rings. The number of amides is 1. The van der Waals surface area contributed by atoms with Crippen LogP contribution in [0, 0.1) is 17.0 Å². The minimum Gasteiger partial charge on any atom is -0.507 e. The summed E-state index contributed by atoms with van der Waals surface area (Å²) in [5.41, 5.74) is 1.90. The average Bonchev–Trinajstić information content (AvgIpc) is 3.10. The van der Waals surface area contributed by atoms with Gasteiger partial charge in [-0.3, -0.25) is 24.6 Å². The van der Waals surface area contributed by atoms with Crippen LogP contribution >= 0.6 is 0 Å². The fourth-order valence-electron chi connectivity index (χ4n) is 4.04. The molecule has 172 valence electrons. The van der Waals surface area contributed by atoms with Gasteiger partial charge in [0.1, 0.15) is 11.5 Å². The van der Waals surface area contributed by atoms with E-state index in [-0.39, 0.29) is 16.8 Å². The number of nitro benzene ring substituents is 1. The molecule has 1 saturated heterocycles. The minimum absolute atomic E-state index is 0.0914. The van der Waals surface area contributed by atoms with Gasteiger partial charge >= 0.3 is 0 Å². The third kappa shape index (κ3) is 4.01. The lowest BCUT2D eigenvalue weighted by Crippen LogP contribution is -2.30. The molecule has 8 heteroatoms. The first-order valence-corrected chi connectivity index (χ1v) is 10.7. The van der Waals surface area contributed by atoms with Gasteiger partial charge in [-0.25, -0.2) is 0 Å². The number of anilines is 1. The van der Waals surface area contributed by atoms with Crippen molar-refractivity contribution in [2.45, 2.75) is 19.9 Å². The van der Waals surface area contributed by atoms with Crippen LogP contribution in [0.1, 0.15) is 29.7 Å². The molecular weight excluding hydrogens is 436 g/mol. The molecule has 1 amide bonds. The highest BCUT2D eigenvalue weighted by molar-refractivity contribution is 6.51. The molecule has 1 heterocycles. The Kier molecular flexibility index (Phi) is 6.14. The topological polar surface area (TPSA) is 110 Å². The van der Waals surface area contributed by atoms with Crippen molar-refractivity contribution in [1.82, 2.24) is 0 Å². The molecule has 1 N–H and O–H groups in total. The molecule has 0 radical (unpaired) electrons. The Hall–Kier alpha value is -4.46. The molecule has 1 atom stereocenters. The number of nitrogens with zero attached hydrogens (tertiary/aromatic N) is 2. The monoisotopic (exact) mass is 458 g/mol. The van der Waals surface area contributed by atoms with E-state index in [2.05, 4.69) is 0 Å². The van der Waals surface area contributed by atoms with Gasteiger partial charge in [0.05, 0.1) is 23.1 Å². The first-order chi connectivity index (χ1) is 16.3. The van der Waals surface area contributed by atoms with Gasteiger partial charge in [0.25, 0.3) is 17.4 Å². The number of ketones is 1. The van der Waals surface area contributed by atoms with E-state index in [1.807, 2.05) is 26.0 Å². The molecule has 1 aliphatic rings. The Bertz CT molecular complexity index is 1300. The van der Waals surface area contributed by atoms with Gasteiger partial charge in [-0.05, 0) is 55.3 Å². The Morgan fingerprint density at radius 2 is 1.68 bits per heavy atom. The summed E-state index contributed by atoms with van der Waals surface area (Å²) < 4.78 is 5.51. The van der Waals surface area contributed by atoms with Crippen LogP contribution in [-0.4, -0.2) is 28.3 Å². The first kappa shape index (κ1) is 22.7. The van der Waals surface area contributed by atoms with Gasteiger partial charge in [0.15, 0.2) is 0 Å². The quantitative estimate of drug-likeness (QED) is 0.184. The zero-order valence-electron chi connectivity index (χ0n) is 18.6. The fraction of sp³-hybridized carbons (Fsp3) is 0.154. The summed E-state index contributed by atoms with van der Waals surface area (Å²) >= 11 is 0. The van der Waals surface area contributed by atoms with Crippen molar-refractivity contribution in [2.75, 3.05) is 11.5 Å². The van der Waals surface area contributed by atoms with Crippen molar-refractivity contribution in [3.05, 3.63) is 105 Å². The van der Waals surface area contributed by atoms with E-state index in [0.29, 0.717) is 23.6 Å². The number of rotatable bonds is 6. The third-order valence-electron chi connectivity index (χ3n) is 5.68. The molecule has 0 saturated carbocycles. The summed E-state index contributed by atoms with van der Waals surface area (Å²) in [4.78, 5) is 38.2. The number of non-ortho nitro benzene ring substituents is 1. The van der Waals surface area contributed by atoms with Crippen molar-refractivity contribution in [3.8, 4) is 5.75 Å². The predicted octanol–water partition coefficient (Wildman–Crippen LogP) is 4.93. The molecule has 0 aliphatic carbocycles. The molecule has 4 rings (SSSR count). The first-order valence-electron chi connectivity index (χ1n) is 10.7. The van der Waals surface area contributed by atoms with Gasteiger partial charge < -0.3 is 9.84 Å². The number of hydrogen-bond acceptors (Lipinski definition) is 6. The van der Waals surface area contributed by atoms with Crippen molar-refractivity contribution >= 4 is 28.8 Å². The number of aryl methyl sites for hydroxylation is 1. The smallest absolute Gasteiger partial charge is 0.300 e. The van der Waals surface area contributed by atoms with E-state index < -0.39 is 28.4 Å². The van der Waals surface area contributed by atoms with Gasteiger partial charge in [-0.2, -0.15) is 0 Å². The van der Waals surface area contributed by atoms with Crippen molar-refractivity contribution in [2.24, 2.45) is 0 Å². The Balaban J connectivity index is 1.90. The minimum atomic E-state index is -0.896. The standard InChI is InChI=1S/C26H22N2O6/c1-3-34-20-14-10-17(11-15-20)23-22(24(29)18-8-12-19(13-9-18)28(32)33)25(30)26(31)27(23)21-7-5-4-6-16(21)2/h4-15,23,29H,3H2,1-2H3/b24-22-. The van der Waals surface area contributed by atoms with Gasteiger partial charge in [0, 0.05) is 23.4 Å². The molecular formula is C26H22N2O6. The highest BCUT2D eigenvalue weighted by Gasteiger charge is 2.47. The summed E-state index contributed by atoms with van der Waals surface area (Å²) in [5, 5.41) is 22.1. The third-order valence-corrected chi connectivity index (χ3v) is 5.68. The second kappa shape index (κ2) is 9.19. The summed E-state index contributed by atoms with van der Waals surface area (Å²) in [6, 6.07) is 18.4. The maximum absolute atomic E-state index is 13.2. The van der Waals surface area contributed by atoms with Crippen LogP contribution in [0.5, 0.6) is 5.75 Å². The Labute approximate surface area is 195 Å². The molecule has 3 aromatic carbocycles. The molecule has 1 unspecified atom stereocenters. The lowest BCUT2D eigenvalue weighted by Gasteiger charge is -2.27. The Morgan fingerprint density at radius 1 is 1.03 bits per heavy atom. The van der Waals surface area contributed by atoms with Crippen LogP contribution in [-0.2, 0) is 9.59 Å². The Morgan fingerprint density at radius 3 is 2.26 bits per heavy atom. The van der Waals surface area contributed by atoms with E-state index in [9.17, 15) is 24.8 Å². The number of aliphatic hydroxyl groups excluding tert-OH is 1. The predicted molar refractivity (Wildman–Crippen MR) is 127 cm³/mol. The molecule has 34 heavy (non-hydrogen) atoms. The number of hydrogen-bond donors (Lipinski definition) is 1. The largest absolute Gasteiger partial charge is 0.507 e. The van der Waals surface area contributed by atoms with E-state index in [0.717, 1.165) is 5.56 Å². The zero-order chi connectivity index (χ0) is 24.4. The van der Waals surface area contributed by atoms with Gasteiger partial charge in [-0.1, -0.05) is 30.3 Å². The highest BCUT2D eigenvalue weighted by atomic mass is 16.6. The van der Waals surface area contributed by atoms with Crippen LogP contribution in [0.4, 0.5) is 11.4 Å². The lowest BCUT2D eigenvalue weighted by atomic mass is 9.94.